The maximum Gasteiger partial charge on any atom is 0.295 e. The van der Waals surface area contributed by atoms with E-state index in [2.05, 4.69) is 10.5 Å². The highest BCUT2D eigenvalue weighted by molar-refractivity contribution is 5.83. The number of hydrogen-bond acceptors (Lipinski definition) is 3. The number of likely N-dealkylation sites (N-methyl/N-ethyl adjacent to an activating group) is 1. The number of anilines is 1. The summed E-state index contributed by atoms with van der Waals surface area (Å²) in [5.41, 5.74) is 4.62. The molecule has 0 fully saturated rings. The largest absolute Gasteiger partial charge is 0.378 e. The van der Waals surface area contributed by atoms with Gasteiger partial charge in [0.25, 0.3) is 5.91 Å². The van der Waals surface area contributed by atoms with E-state index in [4.69, 9.17) is 0 Å². The summed E-state index contributed by atoms with van der Waals surface area (Å²) in [6, 6.07) is 7.94. The molecule has 0 atom stereocenters. The summed E-state index contributed by atoms with van der Waals surface area (Å²) >= 11 is 0. The summed E-state index contributed by atoms with van der Waals surface area (Å²) in [7, 11) is 9.87. The maximum atomic E-state index is 11.5. The highest BCUT2D eigenvalue weighted by Gasteiger charge is 2.12. The molecule has 0 aliphatic carbocycles. The second-order valence-corrected chi connectivity index (χ2v) is 5.73. The minimum Gasteiger partial charge on any atom is -0.378 e. The second kappa shape index (κ2) is 6.33. The van der Waals surface area contributed by atoms with E-state index in [0.29, 0.717) is 11.0 Å². The Balaban J connectivity index is 2.51. The first-order chi connectivity index (χ1) is 8.78. The summed E-state index contributed by atoms with van der Waals surface area (Å²) < 4.78 is 0.582. The number of carbonyl (C=O) groups excluding carboxylic acids is 1. The molecule has 0 unspecified atom stereocenters. The lowest BCUT2D eigenvalue weighted by Gasteiger charge is -2.21. The summed E-state index contributed by atoms with van der Waals surface area (Å²) in [4.78, 5) is 13.6. The fourth-order valence-corrected chi connectivity index (χ4v) is 1.50. The number of hydrogen-bond donors (Lipinski definition) is 1. The summed E-state index contributed by atoms with van der Waals surface area (Å²) in [5.74, 6) is -0.0892. The van der Waals surface area contributed by atoms with Crippen LogP contribution in [0.5, 0.6) is 0 Å². The Bertz CT molecular complexity index is 444. The van der Waals surface area contributed by atoms with E-state index in [1.807, 2.05) is 64.4 Å². The zero-order valence-corrected chi connectivity index (χ0v) is 12.3. The van der Waals surface area contributed by atoms with Crippen LogP contribution in [-0.2, 0) is 4.79 Å². The van der Waals surface area contributed by atoms with Gasteiger partial charge in [0.05, 0.1) is 27.4 Å². The third-order valence-corrected chi connectivity index (χ3v) is 2.43. The van der Waals surface area contributed by atoms with E-state index >= 15 is 0 Å². The Kier molecular flexibility index (Phi) is 5.06. The first-order valence-corrected chi connectivity index (χ1v) is 6.18. The SMILES string of the molecule is CN(C)c1ccc(/C=N\NC(=O)C[N+](C)(C)C)cc1. The smallest absolute Gasteiger partial charge is 0.295 e. The fourth-order valence-electron chi connectivity index (χ4n) is 1.50. The quantitative estimate of drug-likeness (QED) is 0.487. The number of nitrogens with zero attached hydrogens (tertiary/aromatic N) is 3. The van der Waals surface area contributed by atoms with Gasteiger partial charge in [-0.25, -0.2) is 5.43 Å². The van der Waals surface area contributed by atoms with Crippen molar-refractivity contribution in [1.82, 2.24) is 5.43 Å². The lowest BCUT2D eigenvalue weighted by molar-refractivity contribution is -0.862. The zero-order chi connectivity index (χ0) is 14.5. The molecule has 0 radical (unpaired) electrons. The van der Waals surface area contributed by atoms with E-state index in [-0.39, 0.29) is 5.91 Å². The molecule has 0 aromatic heterocycles. The first-order valence-electron chi connectivity index (χ1n) is 6.18. The molecule has 1 rings (SSSR count). The van der Waals surface area contributed by atoms with Crippen LogP contribution in [0.4, 0.5) is 5.69 Å². The summed E-state index contributed by atoms with van der Waals surface area (Å²) in [6.45, 7) is 0.400. The molecule has 19 heavy (non-hydrogen) atoms. The van der Waals surface area contributed by atoms with Gasteiger partial charge in [0, 0.05) is 19.8 Å². The average molecular weight is 263 g/mol. The van der Waals surface area contributed by atoms with Gasteiger partial charge in [0.15, 0.2) is 6.54 Å². The molecule has 1 amide bonds. The van der Waals surface area contributed by atoms with Crippen LogP contribution in [0, 0.1) is 0 Å². The molecule has 5 nitrogen and oxygen atoms in total. The lowest BCUT2D eigenvalue weighted by atomic mass is 10.2. The van der Waals surface area contributed by atoms with Crippen molar-refractivity contribution in [2.45, 2.75) is 0 Å². The van der Waals surface area contributed by atoms with Gasteiger partial charge in [0.2, 0.25) is 0 Å². The predicted molar refractivity (Wildman–Crippen MR) is 79.4 cm³/mol. The predicted octanol–water partition coefficient (Wildman–Crippen LogP) is 0.909. The van der Waals surface area contributed by atoms with Gasteiger partial charge in [-0.2, -0.15) is 5.10 Å². The number of nitrogens with one attached hydrogen (secondary N) is 1. The normalized spacial score (nSPS) is 11.6. The average Bonchev–Trinajstić information content (AvgIpc) is 2.27. The van der Waals surface area contributed by atoms with Crippen molar-refractivity contribution in [3.8, 4) is 0 Å². The van der Waals surface area contributed by atoms with Crippen molar-refractivity contribution in [2.75, 3.05) is 46.7 Å². The van der Waals surface area contributed by atoms with Crippen LogP contribution in [0.1, 0.15) is 5.56 Å². The van der Waals surface area contributed by atoms with Crippen molar-refractivity contribution in [3.05, 3.63) is 29.8 Å². The van der Waals surface area contributed by atoms with Gasteiger partial charge in [0.1, 0.15) is 0 Å². The standard InChI is InChI=1S/C14H22N4O/c1-17(2)13-8-6-12(7-9-13)10-15-16-14(19)11-18(3,4)5/h6-10H,11H2,1-5H3/p+1/b15-10-. The van der Waals surface area contributed by atoms with Crippen LogP contribution < -0.4 is 10.3 Å². The number of benzene rings is 1. The molecule has 0 aliphatic rings. The lowest BCUT2D eigenvalue weighted by Crippen LogP contribution is -2.43. The molecular formula is C14H23N4O+. The van der Waals surface area contributed by atoms with Crippen molar-refractivity contribution in [2.24, 2.45) is 5.10 Å². The van der Waals surface area contributed by atoms with Gasteiger partial charge in [-0.15, -0.1) is 0 Å². The number of hydrazone groups is 1. The van der Waals surface area contributed by atoms with E-state index in [1.165, 1.54) is 0 Å². The highest BCUT2D eigenvalue weighted by Crippen LogP contribution is 2.10. The zero-order valence-electron chi connectivity index (χ0n) is 12.3. The summed E-state index contributed by atoms with van der Waals surface area (Å²) in [6.07, 6.45) is 1.65. The molecule has 1 aromatic rings. The van der Waals surface area contributed by atoms with Crippen LogP contribution in [0.25, 0.3) is 0 Å². The van der Waals surface area contributed by atoms with E-state index in [0.717, 1.165) is 11.3 Å². The molecule has 0 bridgehead atoms. The monoisotopic (exact) mass is 263 g/mol. The van der Waals surface area contributed by atoms with Gasteiger partial charge in [-0.05, 0) is 17.7 Å². The van der Waals surface area contributed by atoms with Crippen LogP contribution in [-0.4, -0.2) is 58.4 Å². The molecule has 0 saturated heterocycles. The van der Waals surface area contributed by atoms with Gasteiger partial charge >= 0.3 is 0 Å². The molecule has 0 saturated carbocycles. The van der Waals surface area contributed by atoms with Crippen LogP contribution >= 0.6 is 0 Å². The van der Waals surface area contributed by atoms with Crippen LogP contribution in [0.15, 0.2) is 29.4 Å². The molecule has 104 valence electrons. The Morgan fingerprint density at radius 1 is 1.26 bits per heavy atom. The molecule has 0 aliphatic heterocycles. The first kappa shape index (κ1) is 15.2. The van der Waals surface area contributed by atoms with E-state index < -0.39 is 0 Å². The molecule has 0 heterocycles. The number of carbonyl (C=O) groups is 1. The Morgan fingerprint density at radius 3 is 2.32 bits per heavy atom. The van der Waals surface area contributed by atoms with E-state index in [1.54, 1.807) is 6.21 Å². The number of rotatable bonds is 5. The molecular weight excluding hydrogens is 240 g/mol. The van der Waals surface area contributed by atoms with E-state index in [9.17, 15) is 4.79 Å². The Hall–Kier alpha value is -1.88. The number of amides is 1. The van der Waals surface area contributed by atoms with Crippen molar-refractivity contribution >= 4 is 17.8 Å². The van der Waals surface area contributed by atoms with Crippen molar-refractivity contribution in [3.63, 3.8) is 0 Å². The Labute approximate surface area is 115 Å². The van der Waals surface area contributed by atoms with Gasteiger partial charge in [-0.1, -0.05) is 12.1 Å². The van der Waals surface area contributed by atoms with Gasteiger partial charge in [-0.3, -0.25) is 4.79 Å². The maximum absolute atomic E-state index is 11.5. The molecule has 1 N–H and O–H groups in total. The van der Waals surface area contributed by atoms with Crippen LogP contribution in [0.3, 0.4) is 0 Å². The topological polar surface area (TPSA) is 44.7 Å². The molecule has 1 aromatic carbocycles. The van der Waals surface area contributed by atoms with Gasteiger partial charge < -0.3 is 9.38 Å². The minimum atomic E-state index is -0.0892. The van der Waals surface area contributed by atoms with Crippen molar-refractivity contribution < 1.29 is 9.28 Å². The summed E-state index contributed by atoms with van der Waals surface area (Å²) in [5, 5.41) is 3.95. The molecule has 5 heteroatoms. The highest BCUT2D eigenvalue weighted by atomic mass is 16.2. The third-order valence-electron chi connectivity index (χ3n) is 2.43. The third kappa shape index (κ3) is 6.01. The Morgan fingerprint density at radius 2 is 1.84 bits per heavy atom. The van der Waals surface area contributed by atoms with Crippen molar-refractivity contribution in [1.29, 1.82) is 0 Å². The number of quaternary nitrogens is 1. The minimum absolute atomic E-state index is 0.0892. The fraction of sp³-hybridized carbons (Fsp3) is 0.429. The van der Waals surface area contributed by atoms with Crippen LogP contribution in [0.2, 0.25) is 0 Å². The molecule has 0 spiro atoms. The second-order valence-electron chi connectivity index (χ2n) is 5.73.